The minimum atomic E-state index is -0.522. The lowest BCUT2D eigenvalue weighted by Gasteiger charge is -2.21. The topological polar surface area (TPSA) is 87.7 Å². The maximum absolute atomic E-state index is 12.3. The number of hydrogen-bond donors (Lipinski definition) is 2. The fourth-order valence-electron chi connectivity index (χ4n) is 2.95. The monoisotopic (exact) mass is 347 g/mol. The van der Waals surface area contributed by atoms with Gasteiger partial charge in [-0.2, -0.15) is 0 Å². The number of anilines is 1. The third kappa shape index (κ3) is 5.77. The molecule has 0 radical (unpaired) electrons. The minimum absolute atomic E-state index is 0.195. The number of amides is 3. The molecule has 7 nitrogen and oxygen atoms in total. The average molecular weight is 347 g/mol. The van der Waals surface area contributed by atoms with Crippen LogP contribution in [0.4, 0.5) is 10.5 Å². The number of ether oxygens (including phenoxy) is 1. The van der Waals surface area contributed by atoms with Gasteiger partial charge in [-0.25, -0.2) is 4.79 Å². The first kappa shape index (κ1) is 18.8. The van der Waals surface area contributed by atoms with E-state index in [1.54, 1.807) is 36.2 Å². The standard InChI is InChI=1S/C18H25N3O4/c1-21(12-13-6-3-4-7-13)18(24)20-15-9-5-8-14(10-15)17(23)19-11-16(22)25-2/h5,8-10,13H,3-4,6-7,11-12H2,1-2H3,(H,19,23)(H,20,24). The van der Waals surface area contributed by atoms with Crippen LogP contribution in [0, 0.1) is 5.92 Å². The first-order chi connectivity index (χ1) is 12.0. The summed E-state index contributed by atoms with van der Waals surface area (Å²) < 4.78 is 4.48. The van der Waals surface area contributed by atoms with Crippen molar-refractivity contribution in [3.8, 4) is 0 Å². The van der Waals surface area contributed by atoms with E-state index in [2.05, 4.69) is 15.4 Å². The van der Waals surface area contributed by atoms with Gasteiger partial charge in [0.25, 0.3) is 5.91 Å². The van der Waals surface area contributed by atoms with Crippen LogP contribution in [0.15, 0.2) is 24.3 Å². The van der Waals surface area contributed by atoms with Crippen molar-refractivity contribution in [2.75, 3.05) is 32.6 Å². The Kier molecular flexibility index (Phi) is 6.80. The van der Waals surface area contributed by atoms with Gasteiger partial charge in [0.15, 0.2) is 0 Å². The predicted molar refractivity (Wildman–Crippen MR) is 94.4 cm³/mol. The van der Waals surface area contributed by atoms with Crippen LogP contribution in [0.3, 0.4) is 0 Å². The van der Waals surface area contributed by atoms with Crippen molar-refractivity contribution in [1.82, 2.24) is 10.2 Å². The zero-order valence-corrected chi connectivity index (χ0v) is 14.7. The molecular weight excluding hydrogens is 322 g/mol. The molecule has 25 heavy (non-hydrogen) atoms. The second kappa shape index (κ2) is 9.05. The molecule has 7 heteroatoms. The summed E-state index contributed by atoms with van der Waals surface area (Å²) >= 11 is 0. The second-order valence-corrected chi connectivity index (χ2v) is 6.30. The van der Waals surface area contributed by atoms with Gasteiger partial charge >= 0.3 is 12.0 Å². The maximum Gasteiger partial charge on any atom is 0.325 e. The SMILES string of the molecule is COC(=O)CNC(=O)c1cccc(NC(=O)N(C)CC2CCCC2)c1. The smallest absolute Gasteiger partial charge is 0.325 e. The fraction of sp³-hybridized carbons (Fsp3) is 0.500. The van der Waals surface area contributed by atoms with E-state index < -0.39 is 11.9 Å². The van der Waals surface area contributed by atoms with Crippen molar-refractivity contribution in [1.29, 1.82) is 0 Å². The first-order valence-electron chi connectivity index (χ1n) is 8.47. The average Bonchev–Trinajstić information content (AvgIpc) is 3.12. The molecule has 1 aromatic rings. The van der Waals surface area contributed by atoms with Gasteiger partial charge in [-0.15, -0.1) is 0 Å². The van der Waals surface area contributed by atoms with Gasteiger partial charge in [0.2, 0.25) is 0 Å². The molecule has 0 saturated heterocycles. The molecule has 1 aliphatic rings. The molecule has 1 saturated carbocycles. The van der Waals surface area contributed by atoms with Crippen LogP contribution in [0.2, 0.25) is 0 Å². The fourth-order valence-corrected chi connectivity index (χ4v) is 2.95. The lowest BCUT2D eigenvalue weighted by molar-refractivity contribution is -0.139. The highest BCUT2D eigenvalue weighted by atomic mass is 16.5. The van der Waals surface area contributed by atoms with Crippen LogP contribution < -0.4 is 10.6 Å². The molecule has 1 aliphatic carbocycles. The number of hydrogen-bond acceptors (Lipinski definition) is 4. The van der Waals surface area contributed by atoms with Gasteiger partial charge in [-0.1, -0.05) is 18.9 Å². The molecule has 0 unspecified atom stereocenters. The Balaban J connectivity index is 1.90. The van der Waals surface area contributed by atoms with Crippen molar-refractivity contribution in [3.05, 3.63) is 29.8 Å². The van der Waals surface area contributed by atoms with Crippen molar-refractivity contribution >= 4 is 23.6 Å². The Hall–Kier alpha value is -2.57. The molecule has 2 N–H and O–H groups in total. The summed E-state index contributed by atoms with van der Waals surface area (Å²) in [4.78, 5) is 37.1. The van der Waals surface area contributed by atoms with Crippen LogP contribution >= 0.6 is 0 Å². The van der Waals surface area contributed by atoms with E-state index >= 15 is 0 Å². The molecule has 0 atom stereocenters. The third-order valence-corrected chi connectivity index (χ3v) is 4.35. The van der Waals surface area contributed by atoms with E-state index in [4.69, 9.17) is 0 Å². The van der Waals surface area contributed by atoms with Crippen molar-refractivity contribution in [2.24, 2.45) is 5.92 Å². The number of benzene rings is 1. The number of methoxy groups -OCH3 is 1. The molecule has 0 heterocycles. The van der Waals surface area contributed by atoms with Gasteiger partial charge in [-0.3, -0.25) is 9.59 Å². The Labute approximate surface area is 147 Å². The lowest BCUT2D eigenvalue weighted by Crippen LogP contribution is -2.35. The molecule has 136 valence electrons. The highest BCUT2D eigenvalue weighted by Gasteiger charge is 2.19. The lowest BCUT2D eigenvalue weighted by atomic mass is 10.1. The minimum Gasteiger partial charge on any atom is -0.468 e. The van der Waals surface area contributed by atoms with Gasteiger partial charge in [-0.05, 0) is 37.0 Å². The second-order valence-electron chi connectivity index (χ2n) is 6.30. The summed E-state index contributed by atoms with van der Waals surface area (Å²) in [7, 11) is 3.04. The number of urea groups is 1. The van der Waals surface area contributed by atoms with Crippen molar-refractivity contribution in [3.63, 3.8) is 0 Å². The Morgan fingerprint density at radius 2 is 1.96 bits per heavy atom. The van der Waals surface area contributed by atoms with E-state index in [-0.39, 0.29) is 12.6 Å². The highest BCUT2D eigenvalue weighted by Crippen LogP contribution is 2.25. The maximum atomic E-state index is 12.3. The predicted octanol–water partition coefficient (Wildman–Crippen LogP) is 2.24. The van der Waals surface area contributed by atoms with E-state index in [9.17, 15) is 14.4 Å². The van der Waals surface area contributed by atoms with E-state index in [0.717, 1.165) is 6.54 Å². The molecule has 1 fully saturated rings. The van der Waals surface area contributed by atoms with Gasteiger partial charge in [0.05, 0.1) is 7.11 Å². The normalized spacial score (nSPS) is 14.0. The Morgan fingerprint density at radius 1 is 1.24 bits per heavy atom. The number of esters is 1. The molecule has 0 aromatic heterocycles. The molecule has 1 aromatic carbocycles. The molecule has 0 bridgehead atoms. The summed E-state index contributed by atoms with van der Waals surface area (Å²) in [6.45, 7) is 0.543. The van der Waals surface area contributed by atoms with Gasteiger partial charge < -0.3 is 20.3 Å². The molecular formula is C18H25N3O4. The van der Waals surface area contributed by atoms with Gasteiger partial charge in [0, 0.05) is 24.8 Å². The van der Waals surface area contributed by atoms with Crippen molar-refractivity contribution in [2.45, 2.75) is 25.7 Å². The molecule has 2 rings (SSSR count). The van der Waals surface area contributed by atoms with Crippen LogP contribution in [0.1, 0.15) is 36.0 Å². The molecule has 0 spiro atoms. The molecule has 0 aliphatic heterocycles. The van der Waals surface area contributed by atoms with E-state index in [1.807, 2.05) is 0 Å². The Morgan fingerprint density at radius 3 is 2.64 bits per heavy atom. The summed E-state index contributed by atoms with van der Waals surface area (Å²) in [5, 5.41) is 5.27. The third-order valence-electron chi connectivity index (χ3n) is 4.35. The zero-order valence-electron chi connectivity index (χ0n) is 14.7. The number of carbonyl (C=O) groups is 3. The van der Waals surface area contributed by atoms with Crippen LogP contribution in [0.5, 0.6) is 0 Å². The largest absolute Gasteiger partial charge is 0.468 e. The summed E-state index contributed by atoms with van der Waals surface area (Å²) in [6.07, 6.45) is 4.83. The van der Waals surface area contributed by atoms with Crippen LogP contribution in [-0.4, -0.2) is 50.1 Å². The number of nitrogens with one attached hydrogen (secondary N) is 2. The number of carbonyl (C=O) groups excluding carboxylic acids is 3. The zero-order chi connectivity index (χ0) is 18.2. The van der Waals surface area contributed by atoms with Gasteiger partial charge in [0.1, 0.15) is 6.54 Å². The summed E-state index contributed by atoms with van der Waals surface area (Å²) in [5.74, 6) is -0.349. The quantitative estimate of drug-likeness (QED) is 0.773. The van der Waals surface area contributed by atoms with Crippen LogP contribution in [0.25, 0.3) is 0 Å². The first-order valence-corrected chi connectivity index (χ1v) is 8.47. The summed E-state index contributed by atoms with van der Waals surface area (Å²) in [6, 6.07) is 6.40. The van der Waals surface area contributed by atoms with Crippen molar-refractivity contribution < 1.29 is 19.1 Å². The molecule has 3 amide bonds. The van der Waals surface area contributed by atoms with Crippen LogP contribution in [-0.2, 0) is 9.53 Å². The Bertz CT molecular complexity index is 627. The van der Waals surface area contributed by atoms with E-state index in [0.29, 0.717) is 17.2 Å². The highest BCUT2D eigenvalue weighted by molar-refractivity contribution is 5.98. The summed E-state index contributed by atoms with van der Waals surface area (Å²) in [5.41, 5.74) is 0.897. The number of nitrogens with zero attached hydrogens (tertiary/aromatic N) is 1. The number of rotatable bonds is 6. The van der Waals surface area contributed by atoms with E-state index in [1.165, 1.54) is 32.8 Å².